The van der Waals surface area contributed by atoms with Crippen molar-refractivity contribution in [2.75, 3.05) is 0 Å². The Kier molecular flexibility index (Phi) is 3.85. The molecule has 17 heavy (non-hydrogen) atoms. The van der Waals surface area contributed by atoms with E-state index in [2.05, 4.69) is 22.4 Å². The van der Waals surface area contributed by atoms with Gasteiger partial charge in [-0.2, -0.15) is 5.10 Å². The molecule has 1 atom stereocenters. The van der Waals surface area contributed by atoms with E-state index in [4.69, 9.17) is 0 Å². The first-order valence-electron chi connectivity index (χ1n) is 6.01. The Morgan fingerprint density at radius 1 is 1.47 bits per heavy atom. The summed E-state index contributed by atoms with van der Waals surface area (Å²) < 4.78 is 0. The van der Waals surface area contributed by atoms with Crippen molar-refractivity contribution in [2.24, 2.45) is 11.0 Å². The fourth-order valence-corrected chi connectivity index (χ4v) is 2.06. The molecule has 0 aromatic carbocycles. The summed E-state index contributed by atoms with van der Waals surface area (Å²) in [6.45, 7) is 2.22. The Bertz CT molecular complexity index is 414. The highest BCUT2D eigenvalue weighted by atomic mass is 16.2. The number of pyridine rings is 1. The van der Waals surface area contributed by atoms with Gasteiger partial charge in [0, 0.05) is 23.7 Å². The first-order chi connectivity index (χ1) is 8.25. The summed E-state index contributed by atoms with van der Waals surface area (Å²) >= 11 is 0. The van der Waals surface area contributed by atoms with Gasteiger partial charge < -0.3 is 0 Å². The van der Waals surface area contributed by atoms with Crippen LogP contribution in [-0.4, -0.2) is 16.6 Å². The molecule has 1 aromatic heterocycles. The minimum absolute atomic E-state index is 0.168. The van der Waals surface area contributed by atoms with Crippen molar-refractivity contribution in [2.45, 2.75) is 32.6 Å². The Hall–Kier alpha value is -1.71. The van der Waals surface area contributed by atoms with Crippen LogP contribution in [-0.2, 0) is 0 Å². The van der Waals surface area contributed by atoms with Crippen LogP contribution in [0.1, 0.15) is 43.0 Å². The average molecular weight is 231 g/mol. The Labute approximate surface area is 101 Å². The topological polar surface area (TPSA) is 54.4 Å². The van der Waals surface area contributed by atoms with Crippen LogP contribution in [0, 0.1) is 5.92 Å². The summed E-state index contributed by atoms with van der Waals surface area (Å²) in [5.41, 5.74) is 4.30. The van der Waals surface area contributed by atoms with Crippen molar-refractivity contribution in [3.63, 3.8) is 0 Å². The minimum Gasteiger partial charge on any atom is -0.267 e. The molecule has 4 heteroatoms. The summed E-state index contributed by atoms with van der Waals surface area (Å²) in [5, 5.41) is 4.21. The smallest absolute Gasteiger partial charge is 0.267 e. The number of hydrogen-bond donors (Lipinski definition) is 1. The van der Waals surface area contributed by atoms with Crippen LogP contribution in [0.15, 0.2) is 29.6 Å². The van der Waals surface area contributed by atoms with E-state index in [9.17, 15) is 4.79 Å². The minimum atomic E-state index is -0.168. The lowest BCUT2D eigenvalue weighted by molar-refractivity contribution is 0.0954. The van der Waals surface area contributed by atoms with Crippen LogP contribution in [0.4, 0.5) is 0 Å². The predicted octanol–water partition coefficient (Wildman–Crippen LogP) is 2.38. The number of carbonyl (C=O) groups excluding carboxylic acids is 1. The molecule has 0 aliphatic heterocycles. The van der Waals surface area contributed by atoms with Crippen molar-refractivity contribution in [1.82, 2.24) is 10.4 Å². The van der Waals surface area contributed by atoms with E-state index in [0.29, 0.717) is 11.5 Å². The van der Waals surface area contributed by atoms with Crippen LogP contribution in [0.3, 0.4) is 0 Å². The van der Waals surface area contributed by atoms with E-state index in [-0.39, 0.29) is 5.91 Å². The SMILES string of the molecule is C[C@H]1CCC/C(=N/NC(=O)c2ccncc2)C1. The second-order valence-electron chi connectivity index (χ2n) is 4.56. The molecule has 0 bridgehead atoms. The molecule has 0 saturated heterocycles. The molecule has 1 aromatic rings. The Morgan fingerprint density at radius 3 is 2.94 bits per heavy atom. The molecular weight excluding hydrogens is 214 g/mol. The maximum atomic E-state index is 11.7. The normalized spacial score (nSPS) is 22.4. The molecule has 1 aliphatic carbocycles. The lowest BCUT2D eigenvalue weighted by Gasteiger charge is -2.18. The lowest BCUT2D eigenvalue weighted by Crippen LogP contribution is -2.22. The monoisotopic (exact) mass is 231 g/mol. The Morgan fingerprint density at radius 2 is 2.24 bits per heavy atom. The van der Waals surface area contributed by atoms with Crippen LogP contribution in [0.25, 0.3) is 0 Å². The zero-order valence-corrected chi connectivity index (χ0v) is 10.0. The van der Waals surface area contributed by atoms with Crippen LogP contribution >= 0.6 is 0 Å². The fraction of sp³-hybridized carbons (Fsp3) is 0.462. The quantitative estimate of drug-likeness (QED) is 0.794. The highest BCUT2D eigenvalue weighted by Crippen LogP contribution is 2.20. The van der Waals surface area contributed by atoms with Crippen molar-refractivity contribution < 1.29 is 4.79 Å². The first kappa shape index (κ1) is 11.8. The predicted molar refractivity (Wildman–Crippen MR) is 66.8 cm³/mol. The molecule has 1 aliphatic rings. The number of aromatic nitrogens is 1. The van der Waals surface area contributed by atoms with Gasteiger partial charge in [-0.05, 0) is 43.7 Å². The van der Waals surface area contributed by atoms with Gasteiger partial charge in [0.1, 0.15) is 0 Å². The van der Waals surface area contributed by atoms with Crippen molar-refractivity contribution in [3.8, 4) is 0 Å². The van der Waals surface area contributed by atoms with Crippen molar-refractivity contribution >= 4 is 11.6 Å². The molecule has 90 valence electrons. The number of amides is 1. The van der Waals surface area contributed by atoms with Crippen molar-refractivity contribution in [1.29, 1.82) is 0 Å². The summed E-state index contributed by atoms with van der Waals surface area (Å²) in [7, 11) is 0. The third kappa shape index (κ3) is 3.37. The number of rotatable bonds is 2. The first-order valence-corrected chi connectivity index (χ1v) is 6.01. The number of nitrogens with zero attached hydrogens (tertiary/aromatic N) is 2. The molecule has 1 N–H and O–H groups in total. The third-order valence-corrected chi connectivity index (χ3v) is 3.00. The molecule has 0 radical (unpaired) electrons. The molecule has 4 nitrogen and oxygen atoms in total. The Balaban J connectivity index is 1.93. The van der Waals surface area contributed by atoms with Gasteiger partial charge in [0.05, 0.1) is 0 Å². The largest absolute Gasteiger partial charge is 0.271 e. The summed E-state index contributed by atoms with van der Waals surface area (Å²) in [6, 6.07) is 3.36. The average Bonchev–Trinajstić information content (AvgIpc) is 2.37. The molecule has 0 unspecified atom stereocenters. The van der Waals surface area contributed by atoms with Gasteiger partial charge in [0.2, 0.25) is 0 Å². The maximum Gasteiger partial charge on any atom is 0.271 e. The van der Waals surface area contributed by atoms with E-state index in [1.165, 1.54) is 12.8 Å². The molecule has 2 rings (SSSR count). The van der Waals surface area contributed by atoms with Gasteiger partial charge in [0.15, 0.2) is 0 Å². The third-order valence-electron chi connectivity index (χ3n) is 3.00. The summed E-state index contributed by atoms with van der Waals surface area (Å²) in [4.78, 5) is 15.6. The van der Waals surface area contributed by atoms with E-state index in [1.54, 1.807) is 24.5 Å². The maximum absolute atomic E-state index is 11.7. The molecular formula is C13H17N3O. The number of nitrogens with one attached hydrogen (secondary N) is 1. The van der Waals surface area contributed by atoms with Gasteiger partial charge in [0.25, 0.3) is 5.91 Å². The highest BCUT2D eigenvalue weighted by Gasteiger charge is 2.14. The highest BCUT2D eigenvalue weighted by molar-refractivity contribution is 5.95. The van der Waals surface area contributed by atoms with Gasteiger partial charge >= 0.3 is 0 Å². The van der Waals surface area contributed by atoms with Crippen LogP contribution < -0.4 is 5.43 Å². The van der Waals surface area contributed by atoms with E-state index in [0.717, 1.165) is 18.6 Å². The molecule has 1 saturated carbocycles. The summed E-state index contributed by atoms with van der Waals surface area (Å²) in [5.74, 6) is 0.512. The van der Waals surface area contributed by atoms with Gasteiger partial charge in [-0.25, -0.2) is 5.43 Å². The zero-order valence-electron chi connectivity index (χ0n) is 10.0. The number of hydrogen-bond acceptors (Lipinski definition) is 3. The summed E-state index contributed by atoms with van der Waals surface area (Å²) in [6.07, 6.45) is 7.63. The van der Waals surface area contributed by atoms with Crippen molar-refractivity contribution in [3.05, 3.63) is 30.1 Å². The lowest BCUT2D eigenvalue weighted by atomic mass is 9.89. The van der Waals surface area contributed by atoms with Gasteiger partial charge in [-0.3, -0.25) is 9.78 Å². The van der Waals surface area contributed by atoms with Gasteiger partial charge in [-0.15, -0.1) is 0 Å². The second-order valence-corrected chi connectivity index (χ2v) is 4.56. The van der Waals surface area contributed by atoms with E-state index >= 15 is 0 Å². The second kappa shape index (κ2) is 5.57. The van der Waals surface area contributed by atoms with Crippen LogP contribution in [0.2, 0.25) is 0 Å². The molecule has 1 heterocycles. The standard InChI is InChI=1S/C13H17N3O/c1-10-3-2-4-12(9-10)15-16-13(17)11-5-7-14-8-6-11/h5-8,10H,2-4,9H2,1H3,(H,16,17)/b15-12-/t10-/m0/s1. The zero-order chi connectivity index (χ0) is 12.1. The van der Waals surface area contributed by atoms with E-state index < -0.39 is 0 Å². The fourth-order valence-electron chi connectivity index (χ4n) is 2.06. The molecule has 1 amide bonds. The van der Waals surface area contributed by atoms with E-state index in [1.807, 2.05) is 0 Å². The van der Waals surface area contributed by atoms with Gasteiger partial charge in [-0.1, -0.05) is 6.92 Å². The molecule has 0 spiro atoms. The number of carbonyl (C=O) groups is 1. The molecule has 1 fully saturated rings. The van der Waals surface area contributed by atoms with Crippen LogP contribution in [0.5, 0.6) is 0 Å². The number of hydrazone groups is 1.